The second kappa shape index (κ2) is 9.13. The number of hydrogen-bond acceptors (Lipinski definition) is 5. The van der Waals surface area contributed by atoms with E-state index in [2.05, 4.69) is 27.8 Å². The van der Waals surface area contributed by atoms with Crippen molar-refractivity contribution in [1.29, 1.82) is 0 Å². The minimum absolute atomic E-state index is 0.293. The van der Waals surface area contributed by atoms with Crippen molar-refractivity contribution in [3.8, 4) is 11.3 Å². The van der Waals surface area contributed by atoms with Crippen molar-refractivity contribution >= 4 is 23.1 Å². The summed E-state index contributed by atoms with van der Waals surface area (Å²) in [5.74, 6) is 2.12. The second-order valence-electron chi connectivity index (χ2n) is 4.36. The lowest BCUT2D eigenvalue weighted by Crippen LogP contribution is -2.16. The lowest BCUT2D eigenvalue weighted by atomic mass is 10.2. The standard InChI is InChI=1S/C15H20N2OS2/c18-8-4-9-19-10-7-16-11-15-17-14(12-20-15)13-5-2-1-3-6-13/h1-3,5-6,12,16,18H,4,7-11H2. The quantitative estimate of drug-likeness (QED) is 0.699. The Labute approximate surface area is 128 Å². The molecule has 1 heterocycles. The molecule has 2 rings (SSSR count). The molecule has 0 aliphatic carbocycles. The first-order chi connectivity index (χ1) is 9.90. The molecule has 0 saturated carbocycles. The Morgan fingerprint density at radius 1 is 1.20 bits per heavy atom. The fourth-order valence-electron chi connectivity index (χ4n) is 1.74. The molecule has 1 aromatic carbocycles. The summed E-state index contributed by atoms with van der Waals surface area (Å²) >= 11 is 3.58. The minimum atomic E-state index is 0.293. The molecule has 0 radical (unpaired) electrons. The number of rotatable bonds is 9. The summed E-state index contributed by atoms with van der Waals surface area (Å²) in [5, 5.41) is 15.3. The molecule has 0 aliphatic rings. The second-order valence-corrected chi connectivity index (χ2v) is 6.53. The monoisotopic (exact) mass is 308 g/mol. The normalized spacial score (nSPS) is 10.8. The predicted molar refractivity (Wildman–Crippen MR) is 88.3 cm³/mol. The number of nitrogens with zero attached hydrogens (tertiary/aromatic N) is 1. The van der Waals surface area contributed by atoms with Crippen molar-refractivity contribution in [2.24, 2.45) is 0 Å². The maximum absolute atomic E-state index is 8.68. The van der Waals surface area contributed by atoms with Crippen LogP contribution in [0.5, 0.6) is 0 Å². The van der Waals surface area contributed by atoms with E-state index in [0.29, 0.717) is 6.61 Å². The molecule has 2 aromatic rings. The van der Waals surface area contributed by atoms with E-state index >= 15 is 0 Å². The van der Waals surface area contributed by atoms with Gasteiger partial charge in [-0.1, -0.05) is 30.3 Å². The van der Waals surface area contributed by atoms with Crippen LogP contribution in [0, 0.1) is 0 Å². The lowest BCUT2D eigenvalue weighted by Gasteiger charge is -2.02. The highest BCUT2D eigenvalue weighted by molar-refractivity contribution is 7.99. The van der Waals surface area contributed by atoms with Crippen LogP contribution in [0.15, 0.2) is 35.7 Å². The van der Waals surface area contributed by atoms with Gasteiger partial charge < -0.3 is 10.4 Å². The van der Waals surface area contributed by atoms with Crippen LogP contribution >= 0.6 is 23.1 Å². The van der Waals surface area contributed by atoms with E-state index in [4.69, 9.17) is 5.11 Å². The van der Waals surface area contributed by atoms with Crippen molar-refractivity contribution < 1.29 is 5.11 Å². The zero-order valence-corrected chi connectivity index (χ0v) is 13.1. The molecule has 0 bridgehead atoms. The van der Waals surface area contributed by atoms with Crippen LogP contribution in [0.25, 0.3) is 11.3 Å². The maximum atomic E-state index is 8.68. The molecule has 1 aromatic heterocycles. The molecule has 20 heavy (non-hydrogen) atoms. The van der Waals surface area contributed by atoms with Gasteiger partial charge in [-0.15, -0.1) is 11.3 Å². The number of hydrogen-bond donors (Lipinski definition) is 2. The van der Waals surface area contributed by atoms with Gasteiger partial charge in [0.1, 0.15) is 5.01 Å². The fraction of sp³-hybridized carbons (Fsp3) is 0.400. The Hall–Kier alpha value is -0.880. The molecule has 0 fully saturated rings. The molecule has 0 spiro atoms. The number of aliphatic hydroxyl groups excluding tert-OH is 1. The molecule has 0 amide bonds. The highest BCUT2D eigenvalue weighted by Gasteiger charge is 2.03. The summed E-state index contributed by atoms with van der Waals surface area (Å²) in [5.41, 5.74) is 2.24. The van der Waals surface area contributed by atoms with E-state index in [9.17, 15) is 0 Å². The third kappa shape index (κ3) is 5.25. The highest BCUT2D eigenvalue weighted by Crippen LogP contribution is 2.21. The van der Waals surface area contributed by atoms with Gasteiger partial charge in [0.2, 0.25) is 0 Å². The van der Waals surface area contributed by atoms with Gasteiger partial charge in [-0.25, -0.2) is 4.98 Å². The molecule has 0 atom stereocenters. The SMILES string of the molecule is OCCCSCCNCc1nc(-c2ccccc2)cs1. The van der Waals surface area contributed by atoms with Gasteiger partial charge in [-0.2, -0.15) is 11.8 Å². The van der Waals surface area contributed by atoms with Gasteiger partial charge in [0.15, 0.2) is 0 Å². The first-order valence-corrected chi connectivity index (χ1v) is 8.82. The molecular weight excluding hydrogens is 288 g/mol. The number of benzene rings is 1. The van der Waals surface area contributed by atoms with E-state index in [0.717, 1.165) is 41.7 Å². The van der Waals surface area contributed by atoms with Gasteiger partial charge >= 0.3 is 0 Å². The van der Waals surface area contributed by atoms with Gasteiger partial charge in [-0.05, 0) is 12.2 Å². The summed E-state index contributed by atoms with van der Waals surface area (Å²) in [6, 6.07) is 10.3. The van der Waals surface area contributed by atoms with Gasteiger partial charge in [0.25, 0.3) is 0 Å². The number of aromatic nitrogens is 1. The van der Waals surface area contributed by atoms with E-state index in [1.54, 1.807) is 11.3 Å². The number of thioether (sulfide) groups is 1. The highest BCUT2D eigenvalue weighted by atomic mass is 32.2. The van der Waals surface area contributed by atoms with E-state index in [1.165, 1.54) is 5.56 Å². The Morgan fingerprint density at radius 2 is 2.05 bits per heavy atom. The third-order valence-corrected chi connectivity index (χ3v) is 4.69. The number of aliphatic hydroxyl groups is 1. The molecule has 0 saturated heterocycles. The van der Waals surface area contributed by atoms with E-state index in [1.807, 2.05) is 30.0 Å². The van der Waals surface area contributed by atoms with Crippen molar-refractivity contribution in [1.82, 2.24) is 10.3 Å². The first kappa shape index (κ1) is 15.5. The molecule has 3 nitrogen and oxygen atoms in total. The van der Waals surface area contributed by atoms with E-state index < -0.39 is 0 Å². The smallest absolute Gasteiger partial charge is 0.107 e. The average Bonchev–Trinajstić information content (AvgIpc) is 2.96. The number of thiazole rings is 1. The Balaban J connectivity index is 1.69. The van der Waals surface area contributed by atoms with E-state index in [-0.39, 0.29) is 0 Å². The maximum Gasteiger partial charge on any atom is 0.107 e. The Kier molecular flexibility index (Phi) is 7.08. The first-order valence-electron chi connectivity index (χ1n) is 6.79. The lowest BCUT2D eigenvalue weighted by molar-refractivity contribution is 0.296. The summed E-state index contributed by atoms with van der Waals surface area (Å²) in [4.78, 5) is 4.64. The van der Waals surface area contributed by atoms with Crippen molar-refractivity contribution in [2.75, 3.05) is 24.7 Å². The summed E-state index contributed by atoms with van der Waals surface area (Å²) < 4.78 is 0. The van der Waals surface area contributed by atoms with Crippen molar-refractivity contribution in [3.05, 3.63) is 40.7 Å². The number of nitrogens with one attached hydrogen (secondary N) is 1. The van der Waals surface area contributed by atoms with Crippen LogP contribution in [0.2, 0.25) is 0 Å². The van der Waals surface area contributed by atoms with Crippen molar-refractivity contribution in [3.63, 3.8) is 0 Å². The fourth-order valence-corrected chi connectivity index (χ4v) is 3.34. The van der Waals surface area contributed by atoms with Crippen LogP contribution in [-0.4, -0.2) is 34.7 Å². The van der Waals surface area contributed by atoms with Crippen LogP contribution in [0.4, 0.5) is 0 Å². The molecular formula is C15H20N2OS2. The Bertz CT molecular complexity index is 488. The largest absolute Gasteiger partial charge is 0.396 e. The molecule has 5 heteroatoms. The topological polar surface area (TPSA) is 45.1 Å². The summed E-state index contributed by atoms with van der Waals surface area (Å²) in [6.45, 7) is 2.11. The van der Waals surface area contributed by atoms with Gasteiger partial charge in [0, 0.05) is 36.4 Å². The molecule has 0 aliphatic heterocycles. The summed E-state index contributed by atoms with van der Waals surface area (Å²) in [6.07, 6.45) is 0.886. The van der Waals surface area contributed by atoms with Crippen molar-refractivity contribution in [2.45, 2.75) is 13.0 Å². The average molecular weight is 308 g/mol. The van der Waals surface area contributed by atoms with Gasteiger partial charge in [0.05, 0.1) is 5.69 Å². The Morgan fingerprint density at radius 3 is 2.85 bits per heavy atom. The van der Waals surface area contributed by atoms with Crippen LogP contribution in [0.3, 0.4) is 0 Å². The van der Waals surface area contributed by atoms with Crippen LogP contribution in [0.1, 0.15) is 11.4 Å². The van der Waals surface area contributed by atoms with Crippen LogP contribution < -0.4 is 5.32 Å². The zero-order chi connectivity index (χ0) is 14.0. The summed E-state index contributed by atoms with van der Waals surface area (Å²) in [7, 11) is 0. The van der Waals surface area contributed by atoms with Gasteiger partial charge in [-0.3, -0.25) is 0 Å². The minimum Gasteiger partial charge on any atom is -0.396 e. The third-order valence-electron chi connectivity index (χ3n) is 2.77. The molecule has 108 valence electrons. The van der Waals surface area contributed by atoms with Crippen LogP contribution in [-0.2, 0) is 6.54 Å². The predicted octanol–water partition coefficient (Wildman–Crippen LogP) is 3.02. The molecule has 0 unspecified atom stereocenters. The zero-order valence-electron chi connectivity index (χ0n) is 11.4. The molecule has 2 N–H and O–H groups in total.